The van der Waals surface area contributed by atoms with E-state index in [-0.39, 0.29) is 6.03 Å². The summed E-state index contributed by atoms with van der Waals surface area (Å²) < 4.78 is 0. The number of amides is 2. The van der Waals surface area contributed by atoms with E-state index in [0.717, 1.165) is 16.1 Å². The van der Waals surface area contributed by atoms with Crippen LogP contribution in [-0.2, 0) is 0 Å². The van der Waals surface area contributed by atoms with E-state index < -0.39 is 6.10 Å². The van der Waals surface area contributed by atoms with Gasteiger partial charge < -0.3 is 15.7 Å². The number of hydrogen-bond acceptors (Lipinski definition) is 3. The molecule has 0 saturated carbocycles. The molecule has 2 aromatic rings. The fourth-order valence-electron chi connectivity index (χ4n) is 1.84. The molecule has 0 bridgehead atoms. The minimum Gasteiger partial charge on any atom is -0.389 e. The van der Waals surface area contributed by atoms with Crippen LogP contribution in [0.25, 0.3) is 0 Å². The smallest absolute Gasteiger partial charge is 0.323 e. The van der Waals surface area contributed by atoms with E-state index in [4.69, 9.17) is 0 Å². The van der Waals surface area contributed by atoms with E-state index in [1.165, 1.54) is 0 Å². The van der Waals surface area contributed by atoms with Crippen molar-refractivity contribution in [3.8, 4) is 0 Å². The third-order valence-corrected chi connectivity index (χ3v) is 3.70. The van der Waals surface area contributed by atoms with Crippen molar-refractivity contribution in [3.05, 3.63) is 54.1 Å². The molecule has 2 amide bonds. The highest BCUT2D eigenvalue weighted by atomic mass is 32.2. The zero-order valence-corrected chi connectivity index (χ0v) is 12.8. The van der Waals surface area contributed by atoms with Gasteiger partial charge in [-0.3, -0.25) is 0 Å². The monoisotopic (exact) mass is 302 g/mol. The largest absolute Gasteiger partial charge is 0.389 e. The normalized spacial score (nSPS) is 11.8. The molecule has 0 heterocycles. The van der Waals surface area contributed by atoms with Gasteiger partial charge in [-0.25, -0.2) is 4.79 Å². The molecule has 4 nitrogen and oxygen atoms in total. The zero-order chi connectivity index (χ0) is 15.2. The number of hydrogen-bond donors (Lipinski definition) is 3. The summed E-state index contributed by atoms with van der Waals surface area (Å²) in [7, 11) is 0. The number of urea groups is 1. The predicted octanol–water partition coefficient (Wildman–Crippen LogP) is 4.11. The summed E-state index contributed by atoms with van der Waals surface area (Å²) in [5, 5.41) is 15.0. The molecule has 110 valence electrons. The molecule has 21 heavy (non-hydrogen) atoms. The van der Waals surface area contributed by atoms with Crippen LogP contribution in [0.3, 0.4) is 0 Å². The van der Waals surface area contributed by atoms with E-state index >= 15 is 0 Å². The average molecular weight is 302 g/mol. The molecule has 1 unspecified atom stereocenters. The zero-order valence-electron chi connectivity index (χ0n) is 12.0. The van der Waals surface area contributed by atoms with Crippen LogP contribution in [0.15, 0.2) is 53.4 Å². The van der Waals surface area contributed by atoms with Crippen molar-refractivity contribution in [1.29, 1.82) is 0 Å². The lowest BCUT2D eigenvalue weighted by Crippen LogP contribution is -2.19. The van der Waals surface area contributed by atoms with Gasteiger partial charge in [-0.1, -0.05) is 18.2 Å². The molecule has 0 saturated heterocycles. The lowest BCUT2D eigenvalue weighted by Gasteiger charge is -2.10. The Bertz CT molecular complexity index is 612. The fraction of sp³-hybridized carbons (Fsp3) is 0.188. The molecular weight excluding hydrogens is 284 g/mol. The topological polar surface area (TPSA) is 61.4 Å². The Hall–Kier alpha value is -1.98. The summed E-state index contributed by atoms with van der Waals surface area (Å²) in [5.41, 5.74) is 2.24. The first kappa shape index (κ1) is 15.4. The Morgan fingerprint density at radius 3 is 2.38 bits per heavy atom. The fourth-order valence-corrected chi connectivity index (χ4v) is 2.30. The third kappa shape index (κ3) is 4.51. The van der Waals surface area contributed by atoms with Gasteiger partial charge in [0.15, 0.2) is 0 Å². The van der Waals surface area contributed by atoms with Crippen LogP contribution in [0.4, 0.5) is 16.2 Å². The second kappa shape index (κ2) is 7.15. The maximum absolute atomic E-state index is 11.9. The van der Waals surface area contributed by atoms with Crippen LogP contribution in [0, 0.1) is 0 Å². The van der Waals surface area contributed by atoms with Gasteiger partial charge in [0.05, 0.1) is 6.10 Å². The van der Waals surface area contributed by atoms with Crippen molar-refractivity contribution in [2.75, 3.05) is 16.9 Å². The van der Waals surface area contributed by atoms with Crippen molar-refractivity contribution in [2.24, 2.45) is 0 Å². The van der Waals surface area contributed by atoms with Crippen molar-refractivity contribution < 1.29 is 9.90 Å². The highest BCUT2D eigenvalue weighted by Gasteiger charge is 2.04. The van der Waals surface area contributed by atoms with Gasteiger partial charge >= 0.3 is 6.03 Å². The Labute approximate surface area is 128 Å². The molecular formula is C16H18N2O2S. The number of nitrogens with one attached hydrogen (secondary N) is 2. The van der Waals surface area contributed by atoms with Crippen LogP contribution < -0.4 is 10.6 Å². The van der Waals surface area contributed by atoms with E-state index in [0.29, 0.717) is 5.69 Å². The van der Waals surface area contributed by atoms with Crippen molar-refractivity contribution in [3.63, 3.8) is 0 Å². The minimum atomic E-state index is -0.512. The Kier molecular flexibility index (Phi) is 5.25. The predicted molar refractivity (Wildman–Crippen MR) is 87.9 cm³/mol. The summed E-state index contributed by atoms with van der Waals surface area (Å²) in [6.45, 7) is 1.70. The second-order valence-electron chi connectivity index (χ2n) is 4.61. The molecule has 0 aliphatic rings. The molecule has 2 rings (SSSR count). The van der Waals surface area contributed by atoms with Crippen LogP contribution >= 0.6 is 11.8 Å². The van der Waals surface area contributed by atoms with Crippen LogP contribution in [0.1, 0.15) is 18.6 Å². The Morgan fingerprint density at radius 2 is 1.76 bits per heavy atom. The number of benzene rings is 2. The number of rotatable bonds is 4. The number of aliphatic hydroxyl groups is 1. The number of anilines is 2. The summed E-state index contributed by atoms with van der Waals surface area (Å²) >= 11 is 1.62. The molecule has 0 fully saturated rings. The highest BCUT2D eigenvalue weighted by Crippen LogP contribution is 2.19. The molecule has 2 aromatic carbocycles. The molecule has 0 aliphatic heterocycles. The Balaban J connectivity index is 1.97. The first-order valence-corrected chi connectivity index (χ1v) is 7.81. The van der Waals surface area contributed by atoms with E-state index in [1.807, 2.05) is 30.5 Å². The van der Waals surface area contributed by atoms with Crippen LogP contribution in [0.2, 0.25) is 0 Å². The number of carbonyl (C=O) groups excluding carboxylic acids is 1. The molecule has 0 aromatic heterocycles. The molecule has 1 atom stereocenters. The maximum atomic E-state index is 11.9. The van der Waals surface area contributed by atoms with Gasteiger partial charge in [0.25, 0.3) is 0 Å². The SMILES string of the molecule is CSc1cccc(NC(=O)Nc2ccc(C(C)O)cc2)c1. The average Bonchev–Trinajstić information content (AvgIpc) is 2.47. The Morgan fingerprint density at radius 1 is 1.10 bits per heavy atom. The van der Waals surface area contributed by atoms with Gasteiger partial charge in [0.2, 0.25) is 0 Å². The molecule has 3 N–H and O–H groups in total. The third-order valence-electron chi connectivity index (χ3n) is 2.98. The standard InChI is InChI=1S/C16H18N2O2S/c1-11(19)12-6-8-13(9-7-12)17-16(20)18-14-4-3-5-15(10-14)21-2/h3-11,19H,1-2H3,(H2,17,18,20). The van der Waals surface area contributed by atoms with Gasteiger partial charge in [-0.15, -0.1) is 11.8 Å². The van der Waals surface area contributed by atoms with Crippen molar-refractivity contribution in [1.82, 2.24) is 0 Å². The molecule has 0 radical (unpaired) electrons. The number of thioether (sulfide) groups is 1. The second-order valence-corrected chi connectivity index (χ2v) is 5.49. The van der Waals surface area contributed by atoms with Crippen molar-refractivity contribution >= 4 is 29.2 Å². The van der Waals surface area contributed by atoms with E-state index in [2.05, 4.69) is 10.6 Å². The quantitative estimate of drug-likeness (QED) is 0.745. The summed E-state index contributed by atoms with van der Waals surface area (Å²) in [4.78, 5) is 13.0. The number of aliphatic hydroxyl groups excluding tert-OH is 1. The summed E-state index contributed by atoms with van der Waals surface area (Å²) in [5.74, 6) is 0. The maximum Gasteiger partial charge on any atom is 0.323 e. The molecule has 0 spiro atoms. The van der Waals surface area contributed by atoms with E-state index in [9.17, 15) is 9.90 Å². The summed E-state index contributed by atoms with van der Waals surface area (Å²) in [6.07, 6.45) is 1.48. The first-order valence-electron chi connectivity index (χ1n) is 6.58. The summed E-state index contributed by atoms with van der Waals surface area (Å²) in [6, 6.07) is 14.5. The van der Waals surface area contributed by atoms with Crippen LogP contribution in [0.5, 0.6) is 0 Å². The first-order chi connectivity index (χ1) is 10.1. The van der Waals surface area contributed by atoms with Crippen molar-refractivity contribution in [2.45, 2.75) is 17.9 Å². The van der Waals surface area contributed by atoms with Gasteiger partial charge in [0, 0.05) is 16.3 Å². The lowest BCUT2D eigenvalue weighted by molar-refractivity contribution is 0.199. The number of carbonyl (C=O) groups is 1. The lowest BCUT2D eigenvalue weighted by atomic mass is 10.1. The van der Waals surface area contributed by atoms with Gasteiger partial charge in [-0.2, -0.15) is 0 Å². The van der Waals surface area contributed by atoms with Gasteiger partial charge in [-0.05, 0) is 49.1 Å². The van der Waals surface area contributed by atoms with Crippen LogP contribution in [-0.4, -0.2) is 17.4 Å². The molecule has 0 aliphatic carbocycles. The minimum absolute atomic E-state index is 0.293. The van der Waals surface area contributed by atoms with E-state index in [1.54, 1.807) is 43.0 Å². The van der Waals surface area contributed by atoms with Gasteiger partial charge in [0.1, 0.15) is 0 Å². The highest BCUT2D eigenvalue weighted by molar-refractivity contribution is 7.98. The molecule has 5 heteroatoms.